The van der Waals surface area contributed by atoms with Crippen LogP contribution in [0.4, 0.5) is 0 Å². The van der Waals surface area contributed by atoms with E-state index >= 15 is 0 Å². The summed E-state index contributed by atoms with van der Waals surface area (Å²) in [4.78, 5) is 0. The number of hydrogen-bond acceptors (Lipinski definition) is 1. The van der Waals surface area contributed by atoms with Gasteiger partial charge in [0.05, 0.1) is 0 Å². The van der Waals surface area contributed by atoms with Gasteiger partial charge in [-0.05, 0) is 24.6 Å². The summed E-state index contributed by atoms with van der Waals surface area (Å²) in [5.74, 6) is 1.43. The van der Waals surface area contributed by atoms with Gasteiger partial charge < -0.3 is 4.74 Å². The van der Waals surface area contributed by atoms with Crippen LogP contribution in [-0.2, 0) is 0 Å². The van der Waals surface area contributed by atoms with Crippen LogP contribution in [0.3, 0.4) is 0 Å². The molecule has 0 aliphatic carbocycles. The summed E-state index contributed by atoms with van der Waals surface area (Å²) in [7, 11) is 0. The lowest BCUT2D eigenvalue weighted by Gasteiger charge is -2.04. The van der Waals surface area contributed by atoms with Crippen LogP contribution in [0.5, 0.6) is 5.75 Å². The summed E-state index contributed by atoms with van der Waals surface area (Å²) in [5, 5.41) is 0. The fourth-order valence-electron chi connectivity index (χ4n) is 1.29. The smallest absolute Gasteiger partial charge is 0.127 e. The van der Waals surface area contributed by atoms with E-state index in [0.717, 1.165) is 24.2 Å². The normalized spacial score (nSPS) is 10.3. The maximum absolute atomic E-state index is 5.52. The highest BCUT2D eigenvalue weighted by molar-refractivity contribution is 5.27. The third-order valence-electron chi connectivity index (χ3n) is 2.07. The predicted octanol–water partition coefficient (Wildman–Crippen LogP) is 4.49. The van der Waals surface area contributed by atoms with Crippen molar-refractivity contribution in [2.75, 3.05) is 0 Å². The van der Waals surface area contributed by atoms with Gasteiger partial charge in [0.2, 0.25) is 0 Å². The third kappa shape index (κ3) is 4.65. The second kappa shape index (κ2) is 6.67. The Morgan fingerprint density at radius 3 is 2.50 bits per heavy atom. The molecule has 0 bridgehead atoms. The van der Waals surface area contributed by atoms with Gasteiger partial charge in [0.25, 0.3) is 0 Å². The average molecular weight is 214 g/mol. The van der Waals surface area contributed by atoms with Crippen molar-refractivity contribution in [1.82, 2.24) is 0 Å². The molecule has 0 N–H and O–H groups in total. The molecule has 0 unspecified atom stereocenters. The molecular weight excluding hydrogens is 196 g/mol. The third-order valence-corrected chi connectivity index (χ3v) is 2.07. The molecule has 1 aromatic rings. The van der Waals surface area contributed by atoms with Crippen LogP contribution < -0.4 is 4.74 Å². The van der Waals surface area contributed by atoms with Gasteiger partial charge in [-0.15, -0.1) is 0 Å². The number of para-hydroxylation sites is 1. The first-order chi connectivity index (χ1) is 7.72. The highest BCUT2D eigenvalue weighted by Gasteiger charge is 1.93. The van der Waals surface area contributed by atoms with Gasteiger partial charge in [-0.2, -0.15) is 0 Å². The van der Waals surface area contributed by atoms with Crippen molar-refractivity contribution in [3.63, 3.8) is 0 Å². The van der Waals surface area contributed by atoms with E-state index < -0.39 is 0 Å². The lowest BCUT2D eigenvalue weighted by molar-refractivity contribution is 0.447. The molecule has 1 nitrogen and oxygen atoms in total. The molecule has 0 aliphatic rings. The number of rotatable bonds is 6. The molecule has 0 saturated carbocycles. The summed E-state index contributed by atoms with van der Waals surface area (Å²) in [6.45, 7) is 9.91. The highest BCUT2D eigenvalue weighted by atomic mass is 16.5. The van der Waals surface area contributed by atoms with Crippen molar-refractivity contribution in [3.05, 3.63) is 67.0 Å². The van der Waals surface area contributed by atoms with Gasteiger partial charge in [0.15, 0.2) is 0 Å². The van der Waals surface area contributed by atoms with E-state index in [9.17, 15) is 0 Å². The van der Waals surface area contributed by atoms with Crippen LogP contribution in [0, 0.1) is 0 Å². The molecule has 16 heavy (non-hydrogen) atoms. The molecule has 0 saturated heterocycles. The second-order valence-corrected chi connectivity index (χ2v) is 3.62. The van der Waals surface area contributed by atoms with Crippen molar-refractivity contribution >= 4 is 0 Å². The number of hydrogen-bond donors (Lipinski definition) is 0. The first kappa shape index (κ1) is 12.3. The minimum Gasteiger partial charge on any atom is -0.458 e. The Kier molecular flexibility index (Phi) is 5.13. The Hall–Kier alpha value is -1.76. The molecule has 1 heteroatoms. The van der Waals surface area contributed by atoms with Crippen LogP contribution in [0.1, 0.15) is 19.8 Å². The van der Waals surface area contributed by atoms with Crippen molar-refractivity contribution in [2.45, 2.75) is 19.8 Å². The van der Waals surface area contributed by atoms with Crippen molar-refractivity contribution in [2.24, 2.45) is 0 Å². The van der Waals surface area contributed by atoms with Crippen LogP contribution in [0.2, 0.25) is 0 Å². The van der Waals surface area contributed by atoms with E-state index in [2.05, 4.69) is 20.1 Å². The zero-order valence-corrected chi connectivity index (χ0v) is 9.78. The molecule has 0 spiro atoms. The minimum atomic E-state index is 0.628. The van der Waals surface area contributed by atoms with E-state index in [-0.39, 0.29) is 0 Å². The number of ether oxygens (including phenoxy) is 1. The Morgan fingerprint density at radius 1 is 1.19 bits per heavy atom. The minimum absolute atomic E-state index is 0.628. The van der Waals surface area contributed by atoms with Gasteiger partial charge in [0.1, 0.15) is 11.5 Å². The standard InChI is InChI=1S/C15H18O/c1-4-8-13(2)11-12-14(3)16-15-9-6-5-7-10-15/h5-7,9-12H,2-4,8H2,1H3/b12-11-. The lowest BCUT2D eigenvalue weighted by Crippen LogP contribution is -1.89. The molecule has 0 aliphatic heterocycles. The Morgan fingerprint density at radius 2 is 1.88 bits per heavy atom. The fourth-order valence-corrected chi connectivity index (χ4v) is 1.29. The quantitative estimate of drug-likeness (QED) is 0.500. The van der Waals surface area contributed by atoms with Crippen molar-refractivity contribution in [3.8, 4) is 5.75 Å². The first-order valence-corrected chi connectivity index (χ1v) is 5.50. The molecular formula is C15H18O. The van der Waals surface area contributed by atoms with E-state index in [4.69, 9.17) is 4.74 Å². The van der Waals surface area contributed by atoms with E-state index in [0.29, 0.717) is 5.76 Å². The number of benzene rings is 1. The monoisotopic (exact) mass is 214 g/mol. The van der Waals surface area contributed by atoms with E-state index in [1.807, 2.05) is 42.5 Å². The second-order valence-electron chi connectivity index (χ2n) is 3.62. The van der Waals surface area contributed by atoms with Gasteiger partial charge in [-0.3, -0.25) is 0 Å². The first-order valence-electron chi connectivity index (χ1n) is 5.50. The van der Waals surface area contributed by atoms with Crippen LogP contribution in [-0.4, -0.2) is 0 Å². The zero-order valence-electron chi connectivity index (χ0n) is 9.78. The highest BCUT2D eigenvalue weighted by Crippen LogP contribution is 2.13. The van der Waals surface area contributed by atoms with Crippen LogP contribution in [0.15, 0.2) is 67.0 Å². The molecule has 0 aromatic heterocycles. The average Bonchev–Trinajstić information content (AvgIpc) is 2.28. The SMILES string of the molecule is C=C(/C=C\C(=C)Oc1ccccc1)CCC. The van der Waals surface area contributed by atoms with Crippen LogP contribution >= 0.6 is 0 Å². The molecule has 0 fully saturated rings. The molecule has 0 radical (unpaired) electrons. The Bertz CT molecular complexity index is 374. The van der Waals surface area contributed by atoms with Crippen LogP contribution in [0.25, 0.3) is 0 Å². The Labute approximate surface area is 97.8 Å². The molecule has 1 aromatic carbocycles. The predicted molar refractivity (Wildman–Crippen MR) is 69.4 cm³/mol. The van der Waals surface area contributed by atoms with Gasteiger partial charge in [-0.25, -0.2) is 0 Å². The summed E-state index contributed by atoms with van der Waals surface area (Å²) in [6, 6.07) is 9.62. The summed E-state index contributed by atoms with van der Waals surface area (Å²) >= 11 is 0. The summed E-state index contributed by atoms with van der Waals surface area (Å²) in [5.41, 5.74) is 1.10. The van der Waals surface area contributed by atoms with E-state index in [1.165, 1.54) is 0 Å². The van der Waals surface area contributed by atoms with Gasteiger partial charge in [-0.1, -0.05) is 56.4 Å². The summed E-state index contributed by atoms with van der Waals surface area (Å²) in [6.07, 6.45) is 5.92. The van der Waals surface area contributed by atoms with E-state index in [1.54, 1.807) is 0 Å². The Balaban J connectivity index is 2.45. The zero-order chi connectivity index (χ0) is 11.8. The molecule has 0 heterocycles. The molecule has 84 valence electrons. The largest absolute Gasteiger partial charge is 0.458 e. The summed E-state index contributed by atoms with van der Waals surface area (Å²) < 4.78 is 5.52. The number of allylic oxidation sites excluding steroid dienone is 3. The van der Waals surface area contributed by atoms with Gasteiger partial charge in [0, 0.05) is 0 Å². The fraction of sp³-hybridized carbons (Fsp3) is 0.200. The molecule has 1 rings (SSSR count). The van der Waals surface area contributed by atoms with Gasteiger partial charge >= 0.3 is 0 Å². The molecule has 0 amide bonds. The topological polar surface area (TPSA) is 9.23 Å². The lowest BCUT2D eigenvalue weighted by atomic mass is 10.1. The van der Waals surface area contributed by atoms with Crippen molar-refractivity contribution < 1.29 is 4.74 Å². The van der Waals surface area contributed by atoms with Crippen molar-refractivity contribution in [1.29, 1.82) is 0 Å². The maximum Gasteiger partial charge on any atom is 0.127 e. The molecule has 0 atom stereocenters. The maximum atomic E-state index is 5.52.